The second-order valence-corrected chi connectivity index (χ2v) is 4.24. The molecule has 0 saturated heterocycles. The highest BCUT2D eigenvalue weighted by Gasteiger charge is 2.18. The Morgan fingerprint density at radius 3 is 2.31 bits per heavy atom. The summed E-state index contributed by atoms with van der Waals surface area (Å²) in [4.78, 5) is 13.4. The largest absolute Gasteiger partial charge is 0.497 e. The molecule has 1 rings (SSSR count). The standard InChI is InChI=1S/C11H14BrNO3/c1-13(2)11(14)8-5-7(15-3)6-9(12)10(8)16-4/h5-6H,1-4H3. The molecule has 0 aliphatic heterocycles. The number of ether oxygens (including phenoxy) is 2. The number of nitrogens with zero attached hydrogens (tertiary/aromatic N) is 1. The first-order chi connectivity index (χ1) is 7.51. The van der Waals surface area contributed by atoms with Gasteiger partial charge in [0.25, 0.3) is 5.91 Å². The molecule has 0 fully saturated rings. The summed E-state index contributed by atoms with van der Waals surface area (Å²) in [5.74, 6) is 0.994. The van der Waals surface area contributed by atoms with Gasteiger partial charge in [0, 0.05) is 14.1 Å². The van der Waals surface area contributed by atoms with Crippen LogP contribution in [0, 0.1) is 0 Å². The molecule has 0 heterocycles. The highest BCUT2D eigenvalue weighted by atomic mass is 79.9. The van der Waals surface area contributed by atoms with Gasteiger partial charge in [-0.25, -0.2) is 0 Å². The van der Waals surface area contributed by atoms with E-state index in [1.165, 1.54) is 12.0 Å². The number of methoxy groups -OCH3 is 2. The fourth-order valence-electron chi connectivity index (χ4n) is 1.29. The molecule has 0 unspecified atom stereocenters. The van der Waals surface area contributed by atoms with Gasteiger partial charge in [-0.15, -0.1) is 0 Å². The summed E-state index contributed by atoms with van der Waals surface area (Å²) >= 11 is 3.34. The summed E-state index contributed by atoms with van der Waals surface area (Å²) in [5, 5.41) is 0. The van der Waals surface area contributed by atoms with Crippen molar-refractivity contribution in [1.82, 2.24) is 4.90 Å². The van der Waals surface area contributed by atoms with Crippen LogP contribution in [0.25, 0.3) is 0 Å². The van der Waals surface area contributed by atoms with Crippen LogP contribution in [0.3, 0.4) is 0 Å². The minimum Gasteiger partial charge on any atom is -0.497 e. The average molecular weight is 288 g/mol. The Labute approximate surface area is 103 Å². The van der Waals surface area contributed by atoms with Crippen LogP contribution in [0.15, 0.2) is 16.6 Å². The van der Waals surface area contributed by atoms with Crippen molar-refractivity contribution in [1.29, 1.82) is 0 Å². The maximum Gasteiger partial charge on any atom is 0.257 e. The fourth-order valence-corrected chi connectivity index (χ4v) is 1.89. The molecule has 1 amide bonds. The minimum absolute atomic E-state index is 0.128. The molecule has 0 aromatic heterocycles. The van der Waals surface area contributed by atoms with Crippen LogP contribution in [0.5, 0.6) is 11.5 Å². The molecule has 0 aliphatic rings. The van der Waals surface area contributed by atoms with Gasteiger partial charge in [0.15, 0.2) is 0 Å². The SMILES string of the molecule is COc1cc(Br)c(OC)c(C(=O)N(C)C)c1. The second-order valence-electron chi connectivity index (χ2n) is 3.39. The average Bonchev–Trinajstić information content (AvgIpc) is 2.26. The van der Waals surface area contributed by atoms with Crippen LogP contribution in [0.4, 0.5) is 0 Å². The van der Waals surface area contributed by atoms with Gasteiger partial charge in [0.1, 0.15) is 11.5 Å². The van der Waals surface area contributed by atoms with Crippen molar-refractivity contribution in [3.05, 3.63) is 22.2 Å². The van der Waals surface area contributed by atoms with Crippen molar-refractivity contribution < 1.29 is 14.3 Å². The number of carbonyl (C=O) groups is 1. The number of carbonyl (C=O) groups excluding carboxylic acids is 1. The van der Waals surface area contributed by atoms with Crippen molar-refractivity contribution in [2.75, 3.05) is 28.3 Å². The Balaban J connectivity index is 3.33. The Morgan fingerprint density at radius 1 is 1.25 bits per heavy atom. The number of amides is 1. The zero-order valence-electron chi connectivity index (χ0n) is 9.70. The number of hydrogen-bond acceptors (Lipinski definition) is 3. The van der Waals surface area contributed by atoms with Gasteiger partial charge in [0.05, 0.1) is 24.3 Å². The van der Waals surface area contributed by atoms with Crippen LogP contribution < -0.4 is 9.47 Å². The Hall–Kier alpha value is -1.23. The summed E-state index contributed by atoms with van der Waals surface area (Å²) in [6.45, 7) is 0. The molecular formula is C11H14BrNO3. The normalized spacial score (nSPS) is 9.81. The quantitative estimate of drug-likeness (QED) is 0.855. The molecule has 0 atom stereocenters. The Morgan fingerprint density at radius 2 is 1.88 bits per heavy atom. The zero-order chi connectivity index (χ0) is 12.3. The number of benzene rings is 1. The van der Waals surface area contributed by atoms with Crippen LogP contribution >= 0.6 is 15.9 Å². The lowest BCUT2D eigenvalue weighted by atomic mass is 10.1. The third-order valence-electron chi connectivity index (χ3n) is 2.09. The molecule has 16 heavy (non-hydrogen) atoms. The highest BCUT2D eigenvalue weighted by molar-refractivity contribution is 9.10. The lowest BCUT2D eigenvalue weighted by molar-refractivity contribution is 0.0823. The molecule has 1 aromatic rings. The van der Waals surface area contributed by atoms with Crippen molar-refractivity contribution in [2.45, 2.75) is 0 Å². The predicted molar refractivity (Wildman–Crippen MR) is 65.3 cm³/mol. The molecule has 0 aliphatic carbocycles. The third-order valence-corrected chi connectivity index (χ3v) is 2.68. The second kappa shape index (κ2) is 5.21. The molecule has 5 heteroatoms. The van der Waals surface area contributed by atoms with E-state index >= 15 is 0 Å². The van der Waals surface area contributed by atoms with Crippen molar-refractivity contribution in [3.63, 3.8) is 0 Å². The van der Waals surface area contributed by atoms with E-state index in [0.717, 1.165) is 0 Å². The molecule has 1 aromatic carbocycles. The van der Waals surface area contributed by atoms with Gasteiger partial charge in [-0.1, -0.05) is 0 Å². The monoisotopic (exact) mass is 287 g/mol. The summed E-state index contributed by atoms with van der Waals surface area (Å²) in [6.07, 6.45) is 0. The van der Waals surface area contributed by atoms with Crippen LogP contribution in [0.2, 0.25) is 0 Å². The Kier molecular flexibility index (Phi) is 4.18. The fraction of sp³-hybridized carbons (Fsp3) is 0.364. The highest BCUT2D eigenvalue weighted by Crippen LogP contribution is 2.33. The molecule has 4 nitrogen and oxygen atoms in total. The Bertz CT molecular complexity index is 404. The maximum atomic E-state index is 11.9. The smallest absolute Gasteiger partial charge is 0.257 e. The zero-order valence-corrected chi connectivity index (χ0v) is 11.3. The van der Waals surface area contributed by atoms with E-state index in [4.69, 9.17) is 9.47 Å². The number of rotatable bonds is 3. The summed E-state index contributed by atoms with van der Waals surface area (Å²) in [6, 6.07) is 3.41. The number of hydrogen-bond donors (Lipinski definition) is 0. The van der Waals surface area contributed by atoms with Gasteiger partial charge in [0.2, 0.25) is 0 Å². The van der Waals surface area contributed by atoms with Gasteiger partial charge in [-0.05, 0) is 28.1 Å². The van der Waals surface area contributed by atoms with Gasteiger partial charge in [-0.2, -0.15) is 0 Å². The third kappa shape index (κ3) is 2.47. The van der Waals surface area contributed by atoms with Crippen molar-refractivity contribution >= 4 is 21.8 Å². The lowest BCUT2D eigenvalue weighted by Crippen LogP contribution is -2.22. The van der Waals surface area contributed by atoms with Crippen molar-refractivity contribution in [3.8, 4) is 11.5 Å². The molecule has 0 radical (unpaired) electrons. The molecule has 88 valence electrons. The predicted octanol–water partition coefficient (Wildman–Crippen LogP) is 2.17. The van der Waals surface area contributed by atoms with Gasteiger partial charge < -0.3 is 14.4 Å². The van der Waals surface area contributed by atoms with Crippen LogP contribution in [-0.2, 0) is 0 Å². The van der Waals surface area contributed by atoms with Crippen LogP contribution in [-0.4, -0.2) is 39.1 Å². The summed E-state index contributed by atoms with van der Waals surface area (Å²) in [5.41, 5.74) is 0.471. The van der Waals surface area contributed by atoms with Gasteiger partial charge in [-0.3, -0.25) is 4.79 Å². The van der Waals surface area contributed by atoms with E-state index in [9.17, 15) is 4.79 Å². The van der Waals surface area contributed by atoms with E-state index in [2.05, 4.69) is 15.9 Å². The molecule has 0 bridgehead atoms. The molecular weight excluding hydrogens is 274 g/mol. The molecule has 0 saturated carbocycles. The molecule has 0 spiro atoms. The van der Waals surface area contributed by atoms with E-state index in [0.29, 0.717) is 21.5 Å². The first-order valence-electron chi connectivity index (χ1n) is 4.64. The van der Waals surface area contributed by atoms with Gasteiger partial charge >= 0.3 is 0 Å². The van der Waals surface area contributed by atoms with E-state index in [1.54, 1.807) is 33.3 Å². The van der Waals surface area contributed by atoms with Crippen LogP contribution in [0.1, 0.15) is 10.4 Å². The van der Waals surface area contributed by atoms with E-state index in [-0.39, 0.29) is 5.91 Å². The van der Waals surface area contributed by atoms with E-state index < -0.39 is 0 Å². The number of halogens is 1. The van der Waals surface area contributed by atoms with E-state index in [1.807, 2.05) is 0 Å². The lowest BCUT2D eigenvalue weighted by Gasteiger charge is -2.15. The minimum atomic E-state index is -0.128. The maximum absolute atomic E-state index is 11.9. The topological polar surface area (TPSA) is 38.8 Å². The molecule has 0 N–H and O–H groups in total. The summed E-state index contributed by atoms with van der Waals surface area (Å²) in [7, 11) is 6.46. The summed E-state index contributed by atoms with van der Waals surface area (Å²) < 4.78 is 11.0. The first-order valence-corrected chi connectivity index (χ1v) is 5.43. The first kappa shape index (κ1) is 12.8. The van der Waals surface area contributed by atoms with Crippen molar-refractivity contribution in [2.24, 2.45) is 0 Å².